The summed E-state index contributed by atoms with van der Waals surface area (Å²) in [4.78, 5) is 18.0. The summed E-state index contributed by atoms with van der Waals surface area (Å²) < 4.78 is 0. The molecule has 0 saturated heterocycles. The number of para-hydroxylation sites is 1. The first-order valence-electron chi connectivity index (χ1n) is 9.42. The van der Waals surface area contributed by atoms with E-state index in [1.54, 1.807) is 0 Å². The van der Waals surface area contributed by atoms with Crippen molar-refractivity contribution < 1.29 is 4.79 Å². The minimum atomic E-state index is -0.0751. The molecule has 0 bridgehead atoms. The van der Waals surface area contributed by atoms with Crippen LogP contribution in [-0.2, 0) is 6.54 Å². The zero-order valence-electron chi connectivity index (χ0n) is 16.1. The van der Waals surface area contributed by atoms with Crippen molar-refractivity contribution in [3.05, 3.63) is 101 Å². The summed E-state index contributed by atoms with van der Waals surface area (Å²) in [6.07, 6.45) is 0. The fourth-order valence-electron chi connectivity index (χ4n) is 3.45. The van der Waals surface area contributed by atoms with Gasteiger partial charge in [0.15, 0.2) is 0 Å². The molecule has 0 aliphatic heterocycles. The van der Waals surface area contributed by atoms with Crippen molar-refractivity contribution >= 4 is 16.8 Å². The van der Waals surface area contributed by atoms with E-state index in [0.717, 1.165) is 33.3 Å². The Morgan fingerprint density at radius 3 is 2.29 bits per heavy atom. The van der Waals surface area contributed by atoms with Gasteiger partial charge < -0.3 is 5.32 Å². The average molecular weight is 366 g/mol. The van der Waals surface area contributed by atoms with Gasteiger partial charge in [-0.15, -0.1) is 0 Å². The van der Waals surface area contributed by atoms with Crippen molar-refractivity contribution in [1.29, 1.82) is 0 Å². The lowest BCUT2D eigenvalue weighted by Crippen LogP contribution is -2.24. The van der Waals surface area contributed by atoms with Crippen LogP contribution in [0.4, 0.5) is 0 Å². The molecule has 28 heavy (non-hydrogen) atoms. The molecule has 0 fully saturated rings. The maximum atomic E-state index is 13.2. The van der Waals surface area contributed by atoms with Gasteiger partial charge in [0.25, 0.3) is 5.91 Å². The largest absolute Gasteiger partial charge is 0.348 e. The van der Waals surface area contributed by atoms with Gasteiger partial charge in [0.2, 0.25) is 0 Å². The van der Waals surface area contributed by atoms with Crippen molar-refractivity contribution in [3.8, 4) is 11.3 Å². The lowest BCUT2D eigenvalue weighted by molar-refractivity contribution is 0.0952. The monoisotopic (exact) mass is 366 g/mol. The molecule has 1 heterocycles. The minimum absolute atomic E-state index is 0.0751. The van der Waals surface area contributed by atoms with Crippen LogP contribution in [0.5, 0.6) is 0 Å². The van der Waals surface area contributed by atoms with Crippen LogP contribution in [0, 0.1) is 13.8 Å². The Kier molecular flexibility index (Phi) is 4.90. The minimum Gasteiger partial charge on any atom is -0.348 e. The van der Waals surface area contributed by atoms with E-state index in [4.69, 9.17) is 4.98 Å². The average Bonchev–Trinajstić information content (AvgIpc) is 2.73. The Morgan fingerprint density at radius 1 is 0.857 bits per heavy atom. The molecule has 1 aromatic heterocycles. The predicted molar refractivity (Wildman–Crippen MR) is 114 cm³/mol. The van der Waals surface area contributed by atoms with E-state index in [9.17, 15) is 4.79 Å². The molecule has 4 aromatic rings. The smallest absolute Gasteiger partial charge is 0.252 e. The van der Waals surface area contributed by atoms with Gasteiger partial charge in [0.05, 0.1) is 16.8 Å². The number of pyridine rings is 1. The number of rotatable bonds is 4. The number of amides is 1. The molecule has 3 aromatic carbocycles. The van der Waals surface area contributed by atoms with Crippen LogP contribution >= 0.6 is 0 Å². The lowest BCUT2D eigenvalue weighted by atomic mass is 9.97. The number of hydrogen-bond acceptors (Lipinski definition) is 2. The molecule has 1 amide bonds. The fourth-order valence-corrected chi connectivity index (χ4v) is 3.45. The van der Waals surface area contributed by atoms with Crippen molar-refractivity contribution in [2.24, 2.45) is 0 Å². The van der Waals surface area contributed by atoms with E-state index < -0.39 is 0 Å². The molecule has 0 spiro atoms. The van der Waals surface area contributed by atoms with Crippen LogP contribution in [-0.4, -0.2) is 10.9 Å². The van der Waals surface area contributed by atoms with Crippen molar-refractivity contribution in [2.45, 2.75) is 20.4 Å². The molecule has 138 valence electrons. The summed E-state index contributed by atoms with van der Waals surface area (Å²) in [5, 5.41) is 3.96. The highest BCUT2D eigenvalue weighted by atomic mass is 16.1. The first-order valence-corrected chi connectivity index (χ1v) is 9.42. The van der Waals surface area contributed by atoms with Crippen LogP contribution in [0.2, 0.25) is 0 Å². The number of aryl methyl sites for hydroxylation is 1. The Hall–Kier alpha value is -3.46. The SMILES string of the molecule is Cc1ccc(CNC(=O)c2c(C)c(-c3ccccc3)nc3ccccc23)cc1. The summed E-state index contributed by atoms with van der Waals surface area (Å²) in [6, 6.07) is 26.0. The Labute approximate surface area is 165 Å². The maximum absolute atomic E-state index is 13.2. The van der Waals surface area contributed by atoms with Gasteiger partial charge in [0.1, 0.15) is 0 Å². The van der Waals surface area contributed by atoms with Crippen molar-refractivity contribution in [1.82, 2.24) is 10.3 Å². The molecule has 0 radical (unpaired) electrons. The van der Waals surface area contributed by atoms with Crippen molar-refractivity contribution in [3.63, 3.8) is 0 Å². The summed E-state index contributed by atoms with van der Waals surface area (Å²) in [7, 11) is 0. The zero-order chi connectivity index (χ0) is 19.5. The quantitative estimate of drug-likeness (QED) is 0.522. The second-order valence-corrected chi connectivity index (χ2v) is 7.01. The van der Waals surface area contributed by atoms with Crippen LogP contribution in [0.15, 0.2) is 78.9 Å². The number of carbonyl (C=O) groups excluding carboxylic acids is 1. The number of aromatic nitrogens is 1. The third-order valence-corrected chi connectivity index (χ3v) is 4.98. The standard InChI is InChI=1S/C25H22N2O/c1-17-12-14-19(15-13-17)16-26-25(28)23-18(2)24(20-8-4-3-5-9-20)27-22-11-7-6-10-21(22)23/h3-15H,16H2,1-2H3,(H,26,28). The molecule has 3 heteroatoms. The number of hydrogen-bond donors (Lipinski definition) is 1. The molecule has 0 atom stereocenters. The first kappa shape index (κ1) is 17.9. The van der Waals surface area contributed by atoms with E-state index in [1.165, 1.54) is 5.56 Å². The first-order chi connectivity index (χ1) is 13.6. The van der Waals surface area contributed by atoms with E-state index in [-0.39, 0.29) is 5.91 Å². The third-order valence-electron chi connectivity index (χ3n) is 4.98. The second-order valence-electron chi connectivity index (χ2n) is 7.01. The third kappa shape index (κ3) is 3.52. The van der Waals surface area contributed by atoms with Crippen LogP contribution in [0.1, 0.15) is 27.0 Å². The molecule has 0 unspecified atom stereocenters. The molecule has 3 nitrogen and oxygen atoms in total. The number of fused-ring (bicyclic) bond motifs is 1. The molecule has 0 aliphatic rings. The Morgan fingerprint density at radius 2 is 1.54 bits per heavy atom. The van der Waals surface area contributed by atoms with Gasteiger partial charge in [0, 0.05) is 17.5 Å². The van der Waals surface area contributed by atoms with E-state index in [0.29, 0.717) is 12.1 Å². The zero-order valence-corrected chi connectivity index (χ0v) is 16.1. The molecular formula is C25H22N2O. The molecule has 0 saturated carbocycles. The highest BCUT2D eigenvalue weighted by Gasteiger charge is 2.18. The van der Waals surface area contributed by atoms with Gasteiger partial charge in [-0.1, -0.05) is 78.4 Å². The van der Waals surface area contributed by atoms with E-state index >= 15 is 0 Å². The van der Waals surface area contributed by atoms with E-state index in [2.05, 4.69) is 24.4 Å². The highest BCUT2D eigenvalue weighted by molar-refractivity contribution is 6.08. The second kappa shape index (κ2) is 7.65. The Bertz CT molecular complexity index is 1130. The highest BCUT2D eigenvalue weighted by Crippen LogP contribution is 2.29. The topological polar surface area (TPSA) is 42.0 Å². The summed E-state index contributed by atoms with van der Waals surface area (Å²) in [5.74, 6) is -0.0751. The fraction of sp³-hybridized carbons (Fsp3) is 0.120. The molecule has 4 rings (SSSR count). The Balaban J connectivity index is 1.75. The van der Waals surface area contributed by atoms with Gasteiger partial charge >= 0.3 is 0 Å². The summed E-state index contributed by atoms with van der Waals surface area (Å²) >= 11 is 0. The van der Waals surface area contributed by atoms with Gasteiger partial charge in [-0.3, -0.25) is 4.79 Å². The number of nitrogens with zero attached hydrogens (tertiary/aromatic N) is 1. The lowest BCUT2D eigenvalue weighted by Gasteiger charge is -2.15. The van der Waals surface area contributed by atoms with Gasteiger partial charge in [-0.2, -0.15) is 0 Å². The number of carbonyl (C=O) groups is 1. The van der Waals surface area contributed by atoms with Gasteiger partial charge in [-0.05, 0) is 31.0 Å². The van der Waals surface area contributed by atoms with Crippen LogP contribution < -0.4 is 5.32 Å². The maximum Gasteiger partial charge on any atom is 0.252 e. The number of benzene rings is 3. The summed E-state index contributed by atoms with van der Waals surface area (Å²) in [6.45, 7) is 4.53. The normalized spacial score (nSPS) is 10.8. The van der Waals surface area contributed by atoms with Crippen molar-refractivity contribution in [2.75, 3.05) is 0 Å². The predicted octanol–water partition coefficient (Wildman–Crippen LogP) is 5.45. The van der Waals surface area contributed by atoms with E-state index in [1.807, 2.05) is 73.7 Å². The summed E-state index contributed by atoms with van der Waals surface area (Å²) in [5.41, 5.74) is 6.56. The molecule has 0 aliphatic carbocycles. The molecule has 1 N–H and O–H groups in total. The van der Waals surface area contributed by atoms with Crippen LogP contribution in [0.25, 0.3) is 22.2 Å². The van der Waals surface area contributed by atoms with Crippen LogP contribution in [0.3, 0.4) is 0 Å². The van der Waals surface area contributed by atoms with Gasteiger partial charge in [-0.25, -0.2) is 4.98 Å². The molecular weight excluding hydrogens is 344 g/mol. The number of nitrogens with one attached hydrogen (secondary N) is 1.